The van der Waals surface area contributed by atoms with Gasteiger partial charge in [0.2, 0.25) is 0 Å². The van der Waals surface area contributed by atoms with Gasteiger partial charge in [-0.2, -0.15) is 5.10 Å². The molecule has 0 spiro atoms. The normalized spacial score (nSPS) is 10.8. The molecule has 0 aliphatic carbocycles. The minimum atomic E-state index is -0.971. The van der Waals surface area contributed by atoms with Crippen molar-refractivity contribution < 1.29 is 9.90 Å². The molecule has 0 unspecified atom stereocenters. The Morgan fingerprint density at radius 3 is 2.86 bits per heavy atom. The van der Waals surface area contributed by atoms with Gasteiger partial charge in [-0.15, -0.1) is 11.3 Å². The van der Waals surface area contributed by atoms with E-state index in [1.807, 2.05) is 19.1 Å². The van der Waals surface area contributed by atoms with Gasteiger partial charge in [-0.3, -0.25) is 4.68 Å². The molecule has 1 aromatic carbocycles. The van der Waals surface area contributed by atoms with Crippen LogP contribution < -0.4 is 0 Å². The lowest BCUT2D eigenvalue weighted by Gasteiger charge is -1.99. The molecule has 0 saturated heterocycles. The number of hydrogen-bond donors (Lipinski definition) is 1. The van der Waals surface area contributed by atoms with Crippen molar-refractivity contribution in [3.8, 4) is 10.6 Å². The third kappa shape index (κ3) is 2.92. The van der Waals surface area contributed by atoms with Crippen molar-refractivity contribution in [2.45, 2.75) is 20.4 Å². The maximum absolute atomic E-state index is 10.9. The maximum atomic E-state index is 10.9. The zero-order valence-corrected chi connectivity index (χ0v) is 13.1. The van der Waals surface area contributed by atoms with Crippen LogP contribution in [-0.4, -0.2) is 25.8 Å². The number of carboxylic acids is 1. The third-order valence-corrected chi connectivity index (χ3v) is 4.41. The highest BCUT2D eigenvalue weighted by molar-refractivity contribution is 7.15. The van der Waals surface area contributed by atoms with Gasteiger partial charge in [-0.05, 0) is 19.9 Å². The van der Waals surface area contributed by atoms with Gasteiger partial charge >= 0.3 is 5.97 Å². The molecule has 6 heteroatoms. The third-order valence-electron chi connectivity index (χ3n) is 3.35. The van der Waals surface area contributed by atoms with Crippen LogP contribution in [0.1, 0.15) is 26.5 Å². The molecule has 0 amide bonds. The summed E-state index contributed by atoms with van der Waals surface area (Å²) in [6, 6.07) is 8.24. The maximum Gasteiger partial charge on any atom is 0.338 e. The highest BCUT2D eigenvalue weighted by Crippen LogP contribution is 2.28. The minimum absolute atomic E-state index is 0.187. The van der Waals surface area contributed by atoms with Crippen molar-refractivity contribution >= 4 is 17.3 Å². The zero-order chi connectivity index (χ0) is 15.7. The second-order valence-electron chi connectivity index (χ2n) is 5.12. The molecule has 3 aromatic rings. The average molecular weight is 313 g/mol. The molecule has 3 rings (SSSR count). The lowest BCUT2D eigenvalue weighted by atomic mass is 10.1. The molecule has 0 atom stereocenters. The van der Waals surface area contributed by atoms with E-state index in [0.29, 0.717) is 6.54 Å². The number of thiazole rings is 1. The first-order chi connectivity index (χ1) is 10.5. The van der Waals surface area contributed by atoms with Gasteiger partial charge < -0.3 is 5.11 Å². The van der Waals surface area contributed by atoms with Crippen LogP contribution in [0.3, 0.4) is 0 Å². The molecule has 0 fully saturated rings. The first-order valence-electron chi connectivity index (χ1n) is 6.82. The van der Waals surface area contributed by atoms with Crippen LogP contribution in [0.5, 0.6) is 0 Å². The molecule has 112 valence electrons. The Morgan fingerprint density at radius 2 is 2.18 bits per heavy atom. The van der Waals surface area contributed by atoms with Crippen molar-refractivity contribution in [1.82, 2.24) is 14.8 Å². The molecule has 0 radical (unpaired) electrons. The van der Waals surface area contributed by atoms with Crippen LogP contribution in [0.25, 0.3) is 10.6 Å². The molecule has 0 aliphatic heterocycles. The summed E-state index contributed by atoms with van der Waals surface area (Å²) in [5, 5.41) is 14.0. The SMILES string of the molecule is Cc1cccc(-c2nc(Cn3cc(C(=O)O)cn3)c(C)s2)c1. The largest absolute Gasteiger partial charge is 0.478 e. The lowest BCUT2D eigenvalue weighted by Crippen LogP contribution is -2.02. The van der Waals surface area contributed by atoms with E-state index in [-0.39, 0.29) is 5.56 Å². The molecular weight excluding hydrogens is 298 g/mol. The smallest absolute Gasteiger partial charge is 0.338 e. The fourth-order valence-electron chi connectivity index (χ4n) is 2.19. The van der Waals surface area contributed by atoms with Crippen LogP contribution in [-0.2, 0) is 6.54 Å². The number of hydrogen-bond acceptors (Lipinski definition) is 4. The molecular formula is C16H15N3O2S. The predicted molar refractivity (Wildman–Crippen MR) is 85.3 cm³/mol. The number of carbonyl (C=O) groups is 1. The Kier molecular flexibility index (Phi) is 3.77. The Morgan fingerprint density at radius 1 is 1.36 bits per heavy atom. The number of aromatic carboxylic acids is 1. The van der Waals surface area contributed by atoms with Gasteiger partial charge in [-0.25, -0.2) is 9.78 Å². The van der Waals surface area contributed by atoms with Crippen LogP contribution in [0.4, 0.5) is 0 Å². The molecule has 2 heterocycles. The number of aryl methyl sites for hydroxylation is 2. The minimum Gasteiger partial charge on any atom is -0.478 e. The van der Waals surface area contributed by atoms with Gasteiger partial charge in [0.25, 0.3) is 0 Å². The molecule has 1 N–H and O–H groups in total. The molecule has 5 nitrogen and oxygen atoms in total. The summed E-state index contributed by atoms with van der Waals surface area (Å²) in [7, 11) is 0. The standard InChI is InChI=1S/C16H15N3O2S/c1-10-4-3-5-12(6-10)15-18-14(11(2)22-15)9-19-8-13(7-17-19)16(20)21/h3-8H,9H2,1-2H3,(H,20,21). The van der Waals surface area contributed by atoms with E-state index in [1.165, 1.54) is 18.0 Å². The number of carboxylic acid groups (broad SMARTS) is 1. The van der Waals surface area contributed by atoms with Gasteiger partial charge in [0.15, 0.2) is 0 Å². The van der Waals surface area contributed by atoms with E-state index in [1.54, 1.807) is 16.0 Å². The van der Waals surface area contributed by atoms with Crippen molar-refractivity contribution in [3.63, 3.8) is 0 Å². The molecule has 22 heavy (non-hydrogen) atoms. The fraction of sp³-hybridized carbons (Fsp3) is 0.188. The topological polar surface area (TPSA) is 68.0 Å². The highest BCUT2D eigenvalue weighted by Gasteiger charge is 2.12. The molecule has 0 saturated carbocycles. The molecule has 2 aromatic heterocycles. The first-order valence-corrected chi connectivity index (χ1v) is 7.63. The Bertz CT molecular complexity index is 836. The van der Waals surface area contributed by atoms with Gasteiger partial charge in [-0.1, -0.05) is 23.8 Å². The van der Waals surface area contributed by atoms with E-state index in [9.17, 15) is 4.79 Å². The van der Waals surface area contributed by atoms with Crippen molar-refractivity contribution in [2.75, 3.05) is 0 Å². The van der Waals surface area contributed by atoms with Gasteiger partial charge in [0.1, 0.15) is 5.01 Å². The van der Waals surface area contributed by atoms with Crippen molar-refractivity contribution in [2.24, 2.45) is 0 Å². The quantitative estimate of drug-likeness (QED) is 0.802. The van der Waals surface area contributed by atoms with Gasteiger partial charge in [0.05, 0.1) is 24.0 Å². The summed E-state index contributed by atoms with van der Waals surface area (Å²) in [5.41, 5.74) is 3.41. The van der Waals surface area contributed by atoms with Crippen molar-refractivity contribution in [3.05, 3.63) is 58.4 Å². The van der Waals surface area contributed by atoms with E-state index >= 15 is 0 Å². The van der Waals surface area contributed by atoms with E-state index in [4.69, 9.17) is 5.11 Å². The summed E-state index contributed by atoms with van der Waals surface area (Å²) in [5.74, 6) is -0.971. The summed E-state index contributed by atoms with van der Waals surface area (Å²) in [6.45, 7) is 4.55. The van der Waals surface area contributed by atoms with E-state index in [0.717, 1.165) is 21.1 Å². The van der Waals surface area contributed by atoms with Crippen molar-refractivity contribution in [1.29, 1.82) is 0 Å². The Balaban J connectivity index is 1.87. The fourth-order valence-corrected chi connectivity index (χ4v) is 3.11. The summed E-state index contributed by atoms with van der Waals surface area (Å²) >= 11 is 1.64. The lowest BCUT2D eigenvalue weighted by molar-refractivity contribution is 0.0697. The Labute approximate surface area is 131 Å². The second kappa shape index (κ2) is 5.73. The van der Waals surface area contributed by atoms with Crippen LogP contribution in [0.2, 0.25) is 0 Å². The number of nitrogens with zero attached hydrogens (tertiary/aromatic N) is 3. The van der Waals surface area contributed by atoms with E-state index < -0.39 is 5.97 Å². The number of rotatable bonds is 4. The van der Waals surface area contributed by atoms with Gasteiger partial charge in [0, 0.05) is 16.6 Å². The Hall–Kier alpha value is -2.47. The number of aromatic nitrogens is 3. The summed E-state index contributed by atoms with van der Waals surface area (Å²) in [6.07, 6.45) is 2.87. The summed E-state index contributed by atoms with van der Waals surface area (Å²) < 4.78 is 1.60. The second-order valence-corrected chi connectivity index (χ2v) is 6.33. The molecule has 0 aliphatic rings. The zero-order valence-electron chi connectivity index (χ0n) is 12.3. The van der Waals surface area contributed by atoms with Crippen LogP contribution >= 0.6 is 11.3 Å². The van der Waals surface area contributed by atoms with Crippen LogP contribution in [0, 0.1) is 13.8 Å². The van der Waals surface area contributed by atoms with Crippen LogP contribution in [0.15, 0.2) is 36.7 Å². The monoisotopic (exact) mass is 313 g/mol. The molecule has 0 bridgehead atoms. The average Bonchev–Trinajstić information content (AvgIpc) is 3.07. The highest BCUT2D eigenvalue weighted by atomic mass is 32.1. The van der Waals surface area contributed by atoms with E-state index in [2.05, 4.69) is 29.1 Å². The first kappa shape index (κ1) is 14.5. The predicted octanol–water partition coefficient (Wildman–Crippen LogP) is 3.37. The number of benzene rings is 1. The summed E-state index contributed by atoms with van der Waals surface area (Å²) in [4.78, 5) is 16.7.